The van der Waals surface area contributed by atoms with Gasteiger partial charge in [0.25, 0.3) is 11.8 Å². The molecule has 1 atom stereocenters. The summed E-state index contributed by atoms with van der Waals surface area (Å²) in [6.07, 6.45) is 8.54. The van der Waals surface area contributed by atoms with Gasteiger partial charge in [-0.15, -0.1) is 0 Å². The second-order valence-corrected chi connectivity index (χ2v) is 17.9. The Kier molecular flexibility index (Phi) is 11.2. The molecule has 6 aliphatic heterocycles. The molecule has 0 spiro atoms. The van der Waals surface area contributed by atoms with Crippen LogP contribution in [0.25, 0.3) is 0 Å². The van der Waals surface area contributed by atoms with Crippen molar-refractivity contribution in [3.05, 3.63) is 106 Å². The van der Waals surface area contributed by atoms with Crippen molar-refractivity contribution in [1.82, 2.24) is 44.9 Å². The lowest BCUT2D eigenvalue weighted by atomic mass is 10.0. The van der Waals surface area contributed by atoms with Crippen molar-refractivity contribution in [3.8, 4) is 5.88 Å². The third kappa shape index (κ3) is 8.50. The second-order valence-electron chi connectivity index (χ2n) is 17.9. The normalized spacial score (nSPS) is 19.6. The summed E-state index contributed by atoms with van der Waals surface area (Å²) in [5.74, 6) is 0.862. The Morgan fingerprint density at radius 1 is 0.806 bits per heavy atom. The summed E-state index contributed by atoms with van der Waals surface area (Å²) < 4.78 is 5.74. The molecule has 19 heteroatoms. The van der Waals surface area contributed by atoms with Crippen LogP contribution in [0.5, 0.6) is 5.88 Å². The number of nitrogens with one attached hydrogen (secondary N) is 3. The lowest BCUT2D eigenvalue weighted by molar-refractivity contribution is -0.136. The Labute approximate surface area is 387 Å². The lowest BCUT2D eigenvalue weighted by Crippen LogP contribution is -2.52. The van der Waals surface area contributed by atoms with E-state index < -0.39 is 11.9 Å². The molecule has 11 rings (SSSR count). The Balaban J connectivity index is 0.631. The van der Waals surface area contributed by atoms with Gasteiger partial charge in [-0.1, -0.05) is 12.1 Å². The maximum absolute atomic E-state index is 13.5. The highest BCUT2D eigenvalue weighted by molar-refractivity contribution is 6.05. The maximum Gasteiger partial charge on any atom is 0.257 e. The SMILES string of the molecule is Cc1c(N2CCc3cnc(Nc4ccc(CN5CCN(c6ncc(C(=O)N7CCN(c8ccc9c(c8)CN(C8CCC(=O)NC8=O)C9=O)CC7)cn6)CC5)cc4)nc3C2)cnc2c1NCCO2. The number of carbonyl (C=O) groups is 4. The van der Waals surface area contributed by atoms with Crippen molar-refractivity contribution in [2.45, 2.75) is 51.9 Å². The predicted molar refractivity (Wildman–Crippen MR) is 250 cm³/mol. The summed E-state index contributed by atoms with van der Waals surface area (Å²) >= 11 is 0. The second kappa shape index (κ2) is 17.8. The molecule has 9 heterocycles. The van der Waals surface area contributed by atoms with Gasteiger partial charge in [0, 0.05) is 126 Å². The molecule has 19 nitrogen and oxygen atoms in total. The molecule has 0 bridgehead atoms. The third-order valence-electron chi connectivity index (χ3n) is 13.8. The summed E-state index contributed by atoms with van der Waals surface area (Å²) in [6.45, 7) is 11.8. The molecule has 5 aromatic rings. The first-order valence-electron chi connectivity index (χ1n) is 23.1. The van der Waals surface area contributed by atoms with Crippen molar-refractivity contribution in [3.63, 3.8) is 0 Å². The number of anilines is 6. The highest BCUT2D eigenvalue weighted by Gasteiger charge is 2.39. The highest BCUT2D eigenvalue weighted by Crippen LogP contribution is 2.37. The quantitative estimate of drug-likeness (QED) is 0.182. The molecule has 2 aromatic carbocycles. The zero-order valence-electron chi connectivity index (χ0n) is 37.4. The fourth-order valence-electron chi connectivity index (χ4n) is 9.99. The number of hydrogen-bond donors (Lipinski definition) is 3. The van der Waals surface area contributed by atoms with E-state index in [2.05, 4.69) is 86.7 Å². The van der Waals surface area contributed by atoms with E-state index in [0.717, 1.165) is 91.8 Å². The minimum atomic E-state index is -0.647. The van der Waals surface area contributed by atoms with Crippen LogP contribution in [0.1, 0.15) is 61.5 Å². The van der Waals surface area contributed by atoms with Gasteiger partial charge in [-0.05, 0) is 66.8 Å². The Hall–Kier alpha value is -7.41. The number of fused-ring (bicyclic) bond motifs is 3. The number of rotatable bonds is 9. The van der Waals surface area contributed by atoms with Crippen molar-refractivity contribution < 1.29 is 23.9 Å². The Bertz CT molecular complexity index is 2740. The molecule has 344 valence electrons. The maximum atomic E-state index is 13.5. The van der Waals surface area contributed by atoms with E-state index in [1.54, 1.807) is 17.3 Å². The minimum Gasteiger partial charge on any atom is -0.474 e. The van der Waals surface area contributed by atoms with E-state index in [0.29, 0.717) is 81.2 Å². The van der Waals surface area contributed by atoms with Crippen LogP contribution in [0.2, 0.25) is 0 Å². The van der Waals surface area contributed by atoms with Gasteiger partial charge in [0.15, 0.2) is 0 Å². The van der Waals surface area contributed by atoms with Gasteiger partial charge in [0.05, 0.1) is 29.7 Å². The van der Waals surface area contributed by atoms with Gasteiger partial charge >= 0.3 is 0 Å². The third-order valence-corrected chi connectivity index (χ3v) is 13.8. The fourth-order valence-corrected chi connectivity index (χ4v) is 9.99. The highest BCUT2D eigenvalue weighted by atomic mass is 16.5. The number of hydrogen-bond acceptors (Lipinski definition) is 16. The van der Waals surface area contributed by atoms with Crippen molar-refractivity contribution >= 4 is 58.3 Å². The molecule has 3 saturated heterocycles. The van der Waals surface area contributed by atoms with Crippen LogP contribution in [-0.4, -0.2) is 141 Å². The fraction of sp³-hybridized carbons (Fsp3) is 0.396. The molecule has 3 aromatic heterocycles. The summed E-state index contributed by atoms with van der Waals surface area (Å²) in [4.78, 5) is 86.7. The molecular formula is C48H52N14O5. The van der Waals surface area contributed by atoms with E-state index in [1.165, 1.54) is 11.1 Å². The number of nitrogens with zero attached hydrogens (tertiary/aromatic N) is 11. The molecule has 3 fully saturated rings. The lowest BCUT2D eigenvalue weighted by Gasteiger charge is -2.36. The molecular weight excluding hydrogens is 853 g/mol. The standard InChI is InChI=1S/C48H52N14O5/c1-30-40(26-50-44-42(30)49-11-21-67-44)61-12-10-32-23-51-47(55-38(32)29-61)54-35-4-2-31(3-5-35)27-57-13-15-60(16-14-57)48-52-24-34(25-53-48)45(65)59-19-17-58(18-20-59)36-6-7-37-33(22-36)28-62(46(37)66)39-8-9-41(63)56-43(39)64/h2-7,22-26,39,49H,8-21,27-29H2,1H3,(H,51,54,55)(H,56,63,64). The molecule has 67 heavy (non-hydrogen) atoms. The minimum absolute atomic E-state index is 0.0952. The zero-order valence-corrected chi connectivity index (χ0v) is 37.4. The monoisotopic (exact) mass is 904 g/mol. The van der Waals surface area contributed by atoms with E-state index in [1.807, 2.05) is 35.5 Å². The van der Waals surface area contributed by atoms with E-state index in [4.69, 9.17) is 9.72 Å². The molecule has 1 unspecified atom stereocenters. The van der Waals surface area contributed by atoms with Gasteiger partial charge in [0.2, 0.25) is 29.6 Å². The van der Waals surface area contributed by atoms with Crippen molar-refractivity contribution in [2.24, 2.45) is 0 Å². The number of ether oxygens (including phenoxy) is 1. The first-order valence-corrected chi connectivity index (χ1v) is 23.1. The van der Waals surface area contributed by atoms with Crippen LogP contribution >= 0.6 is 0 Å². The van der Waals surface area contributed by atoms with Crippen molar-refractivity contribution in [1.29, 1.82) is 0 Å². The first-order chi connectivity index (χ1) is 32.7. The molecule has 0 saturated carbocycles. The van der Waals surface area contributed by atoms with Gasteiger partial charge in [0.1, 0.15) is 18.3 Å². The summed E-state index contributed by atoms with van der Waals surface area (Å²) in [7, 11) is 0. The molecule has 0 radical (unpaired) electrons. The zero-order chi connectivity index (χ0) is 45.6. The largest absolute Gasteiger partial charge is 0.474 e. The number of piperazine rings is 2. The van der Waals surface area contributed by atoms with Gasteiger partial charge < -0.3 is 39.9 Å². The number of imide groups is 1. The van der Waals surface area contributed by atoms with Gasteiger partial charge in [-0.3, -0.25) is 29.4 Å². The van der Waals surface area contributed by atoms with E-state index in [9.17, 15) is 19.2 Å². The summed E-state index contributed by atoms with van der Waals surface area (Å²) in [5, 5.41) is 9.20. The van der Waals surface area contributed by atoms with Crippen LogP contribution < -0.4 is 35.4 Å². The van der Waals surface area contributed by atoms with E-state index in [-0.39, 0.29) is 24.1 Å². The first kappa shape index (κ1) is 42.2. The topological polar surface area (TPSA) is 197 Å². The van der Waals surface area contributed by atoms with Crippen LogP contribution in [0.3, 0.4) is 0 Å². The average Bonchev–Trinajstić information content (AvgIpc) is 3.69. The predicted octanol–water partition coefficient (Wildman–Crippen LogP) is 3.13. The van der Waals surface area contributed by atoms with Crippen LogP contribution in [0, 0.1) is 6.92 Å². The summed E-state index contributed by atoms with van der Waals surface area (Å²) in [5.41, 5.74) is 10.4. The Morgan fingerprint density at radius 2 is 1.60 bits per heavy atom. The molecule has 0 aliphatic carbocycles. The van der Waals surface area contributed by atoms with Crippen molar-refractivity contribution in [2.75, 3.05) is 97.4 Å². The van der Waals surface area contributed by atoms with Gasteiger partial charge in [-0.2, -0.15) is 0 Å². The number of piperidine rings is 1. The van der Waals surface area contributed by atoms with Gasteiger partial charge in [-0.25, -0.2) is 24.9 Å². The summed E-state index contributed by atoms with van der Waals surface area (Å²) in [6, 6.07) is 13.5. The average molecular weight is 905 g/mol. The number of pyridine rings is 1. The number of benzene rings is 2. The van der Waals surface area contributed by atoms with Crippen LogP contribution in [0.15, 0.2) is 67.3 Å². The molecule has 4 amide bonds. The molecule has 6 aliphatic rings. The number of amides is 4. The molecule has 3 N–H and O–H groups in total. The van der Waals surface area contributed by atoms with Crippen LogP contribution in [0.4, 0.5) is 34.6 Å². The smallest absolute Gasteiger partial charge is 0.257 e. The number of aromatic nitrogens is 5. The van der Waals surface area contributed by atoms with Crippen LogP contribution in [-0.2, 0) is 35.6 Å². The van der Waals surface area contributed by atoms with E-state index >= 15 is 0 Å². The Morgan fingerprint density at radius 3 is 2.39 bits per heavy atom. The number of carbonyl (C=O) groups excluding carboxylic acids is 4.